The molecule has 1 N–H and O–H groups in total. The third-order valence-corrected chi connectivity index (χ3v) is 8.29. The number of likely N-dealkylation sites (N-methyl/N-ethyl adjacent to an activating group) is 1. The third-order valence-electron chi connectivity index (χ3n) is 6.92. The summed E-state index contributed by atoms with van der Waals surface area (Å²) in [5, 5.41) is 3.32. The summed E-state index contributed by atoms with van der Waals surface area (Å²) < 4.78 is 32.9. The Balaban J connectivity index is 1.63. The Labute approximate surface area is 264 Å². The van der Waals surface area contributed by atoms with E-state index >= 15 is 0 Å². The number of nitrogens with zero attached hydrogens (tertiary/aromatic N) is 2. The predicted molar refractivity (Wildman–Crippen MR) is 174 cm³/mol. The van der Waals surface area contributed by atoms with Crippen LogP contribution in [0, 0.1) is 0 Å². The topological polar surface area (TPSA) is 96.0 Å². The van der Waals surface area contributed by atoms with Gasteiger partial charge in [0, 0.05) is 24.5 Å². The molecule has 0 radical (unpaired) electrons. The molecule has 0 heterocycles. The summed E-state index contributed by atoms with van der Waals surface area (Å²) >= 11 is 6.24. The van der Waals surface area contributed by atoms with E-state index < -0.39 is 28.5 Å². The average molecular weight is 634 g/mol. The van der Waals surface area contributed by atoms with Crippen LogP contribution >= 0.6 is 11.6 Å². The second-order valence-electron chi connectivity index (χ2n) is 10.3. The van der Waals surface area contributed by atoms with Crippen LogP contribution in [0.1, 0.15) is 23.6 Å². The van der Waals surface area contributed by atoms with Crippen LogP contribution in [0.25, 0.3) is 0 Å². The Hall–Kier alpha value is -4.34. The second-order valence-corrected chi connectivity index (χ2v) is 12.6. The molecule has 4 aromatic carbocycles. The molecule has 4 aromatic rings. The van der Waals surface area contributed by atoms with E-state index in [2.05, 4.69) is 5.32 Å². The van der Waals surface area contributed by atoms with Crippen LogP contribution < -0.4 is 14.4 Å². The highest BCUT2D eigenvalue weighted by Crippen LogP contribution is 2.24. The van der Waals surface area contributed by atoms with Crippen molar-refractivity contribution in [3.8, 4) is 5.75 Å². The maximum atomic E-state index is 14.1. The average Bonchev–Trinajstić information content (AvgIpc) is 3.01. The van der Waals surface area contributed by atoms with Gasteiger partial charge in [-0.05, 0) is 60.0 Å². The number of hydrogen-bond acceptors (Lipinski definition) is 5. The number of halogens is 1. The van der Waals surface area contributed by atoms with Crippen LogP contribution in [0.4, 0.5) is 5.69 Å². The predicted octanol–water partition coefficient (Wildman–Crippen LogP) is 5.46. The van der Waals surface area contributed by atoms with Gasteiger partial charge in [0.15, 0.2) is 0 Å². The van der Waals surface area contributed by atoms with Crippen molar-refractivity contribution >= 4 is 39.1 Å². The van der Waals surface area contributed by atoms with E-state index in [0.29, 0.717) is 35.2 Å². The van der Waals surface area contributed by atoms with Crippen LogP contribution in [0.5, 0.6) is 5.75 Å². The molecular formula is C34H36ClN3O5S. The lowest BCUT2D eigenvalue weighted by Gasteiger charge is -2.33. The van der Waals surface area contributed by atoms with Crippen molar-refractivity contribution in [1.82, 2.24) is 10.2 Å². The van der Waals surface area contributed by atoms with E-state index in [9.17, 15) is 18.0 Å². The first kappa shape index (κ1) is 32.6. The summed E-state index contributed by atoms with van der Waals surface area (Å²) in [6.45, 7) is 2.08. The van der Waals surface area contributed by atoms with E-state index in [1.807, 2.05) is 66.7 Å². The van der Waals surface area contributed by atoms with Crippen molar-refractivity contribution in [2.45, 2.75) is 32.5 Å². The normalized spacial score (nSPS) is 11.8. The number of sulfonamides is 1. The summed E-state index contributed by atoms with van der Waals surface area (Å²) in [5.74, 6) is -0.316. The molecule has 0 unspecified atom stereocenters. The van der Waals surface area contributed by atoms with Gasteiger partial charge in [0.1, 0.15) is 24.9 Å². The van der Waals surface area contributed by atoms with Crippen LogP contribution in [0.3, 0.4) is 0 Å². The van der Waals surface area contributed by atoms with E-state index in [1.165, 1.54) is 4.90 Å². The van der Waals surface area contributed by atoms with E-state index in [1.54, 1.807) is 49.4 Å². The molecule has 0 aliphatic heterocycles. The SMILES string of the molecule is CCNC(=O)[C@H](Cc1ccccc1)N(Cc1cccc(Cl)c1)C(=O)CN(c1ccc(OCc2ccccc2)cc1)S(C)(=O)=O. The van der Waals surface area contributed by atoms with E-state index in [-0.39, 0.29) is 18.9 Å². The molecule has 10 heteroatoms. The van der Waals surface area contributed by atoms with Gasteiger partial charge in [0.2, 0.25) is 21.8 Å². The number of rotatable bonds is 14. The van der Waals surface area contributed by atoms with Gasteiger partial charge in [0.05, 0.1) is 11.9 Å². The fraction of sp³-hybridized carbons (Fsp3) is 0.235. The number of carbonyl (C=O) groups is 2. The molecule has 2 amide bonds. The van der Waals surface area contributed by atoms with Crippen molar-refractivity contribution < 1.29 is 22.7 Å². The number of ether oxygens (including phenoxy) is 1. The Kier molecular flexibility index (Phi) is 11.4. The van der Waals surface area contributed by atoms with Crippen molar-refractivity contribution in [2.24, 2.45) is 0 Å². The molecule has 0 fully saturated rings. The Morgan fingerprint density at radius 2 is 1.45 bits per heavy atom. The first-order chi connectivity index (χ1) is 21.1. The van der Waals surface area contributed by atoms with Gasteiger partial charge in [-0.3, -0.25) is 13.9 Å². The van der Waals surface area contributed by atoms with Gasteiger partial charge in [0.25, 0.3) is 0 Å². The van der Waals surface area contributed by atoms with Crippen LogP contribution in [-0.2, 0) is 39.2 Å². The molecule has 0 saturated carbocycles. The molecule has 44 heavy (non-hydrogen) atoms. The fourth-order valence-electron chi connectivity index (χ4n) is 4.74. The third kappa shape index (κ3) is 9.33. The lowest BCUT2D eigenvalue weighted by Crippen LogP contribution is -2.53. The first-order valence-electron chi connectivity index (χ1n) is 14.2. The molecule has 0 spiro atoms. The summed E-state index contributed by atoms with van der Waals surface area (Å²) in [5.41, 5.74) is 2.86. The van der Waals surface area contributed by atoms with Gasteiger partial charge >= 0.3 is 0 Å². The minimum Gasteiger partial charge on any atom is -0.489 e. The molecule has 230 valence electrons. The number of hydrogen-bond donors (Lipinski definition) is 1. The van der Waals surface area contributed by atoms with Gasteiger partial charge in [-0.2, -0.15) is 0 Å². The van der Waals surface area contributed by atoms with Gasteiger partial charge in [-0.1, -0.05) is 84.4 Å². The van der Waals surface area contributed by atoms with Crippen molar-refractivity contribution in [1.29, 1.82) is 0 Å². The lowest BCUT2D eigenvalue weighted by molar-refractivity contribution is -0.140. The molecule has 1 atom stereocenters. The van der Waals surface area contributed by atoms with Gasteiger partial charge in [-0.15, -0.1) is 0 Å². The summed E-state index contributed by atoms with van der Waals surface area (Å²) in [7, 11) is -3.89. The van der Waals surface area contributed by atoms with E-state index in [4.69, 9.17) is 16.3 Å². The number of carbonyl (C=O) groups excluding carboxylic acids is 2. The molecular weight excluding hydrogens is 598 g/mol. The molecule has 0 aliphatic rings. The molecule has 0 aromatic heterocycles. The summed E-state index contributed by atoms with van der Waals surface area (Å²) in [4.78, 5) is 29.0. The maximum Gasteiger partial charge on any atom is 0.244 e. The number of amides is 2. The Morgan fingerprint density at radius 3 is 2.05 bits per heavy atom. The monoisotopic (exact) mass is 633 g/mol. The number of benzene rings is 4. The molecule has 8 nitrogen and oxygen atoms in total. The minimum absolute atomic E-state index is 0.0535. The van der Waals surface area contributed by atoms with E-state index in [0.717, 1.165) is 21.7 Å². The maximum absolute atomic E-state index is 14.1. The van der Waals surface area contributed by atoms with Crippen LogP contribution in [0.2, 0.25) is 5.02 Å². The van der Waals surface area contributed by atoms with Crippen molar-refractivity contribution in [2.75, 3.05) is 23.7 Å². The Bertz CT molecular complexity index is 1630. The molecule has 0 aliphatic carbocycles. The lowest BCUT2D eigenvalue weighted by atomic mass is 10.0. The molecule has 0 bridgehead atoms. The quantitative estimate of drug-likeness (QED) is 0.199. The zero-order valence-electron chi connectivity index (χ0n) is 24.7. The second kappa shape index (κ2) is 15.4. The highest BCUT2D eigenvalue weighted by Gasteiger charge is 2.33. The van der Waals surface area contributed by atoms with Crippen LogP contribution in [-0.4, -0.2) is 50.5 Å². The first-order valence-corrected chi connectivity index (χ1v) is 16.5. The van der Waals surface area contributed by atoms with Crippen LogP contribution in [0.15, 0.2) is 109 Å². The van der Waals surface area contributed by atoms with Gasteiger partial charge < -0.3 is 15.0 Å². The Morgan fingerprint density at radius 1 is 0.841 bits per heavy atom. The highest BCUT2D eigenvalue weighted by atomic mass is 35.5. The molecule has 4 rings (SSSR count). The smallest absolute Gasteiger partial charge is 0.244 e. The summed E-state index contributed by atoms with van der Waals surface area (Å²) in [6.07, 6.45) is 1.29. The standard InChI is InChI=1S/C34H36ClN3O5S/c1-3-36-34(40)32(22-26-11-6-4-7-12-26)37(23-28-15-10-16-29(35)21-28)33(39)24-38(44(2,41)42)30-17-19-31(20-18-30)43-25-27-13-8-5-9-14-27/h4-21,32H,3,22-25H2,1-2H3,(H,36,40)/t32-/m0/s1. The number of anilines is 1. The zero-order valence-corrected chi connectivity index (χ0v) is 26.3. The van der Waals surface area contributed by atoms with Crippen molar-refractivity contribution in [3.63, 3.8) is 0 Å². The summed E-state index contributed by atoms with van der Waals surface area (Å²) in [6, 6.07) is 31.7. The largest absolute Gasteiger partial charge is 0.489 e. The van der Waals surface area contributed by atoms with Gasteiger partial charge in [-0.25, -0.2) is 8.42 Å². The highest BCUT2D eigenvalue weighted by molar-refractivity contribution is 7.92. The fourth-order valence-corrected chi connectivity index (χ4v) is 5.80. The zero-order chi connectivity index (χ0) is 31.5. The number of nitrogens with one attached hydrogen (secondary N) is 1. The van der Waals surface area contributed by atoms with Crippen molar-refractivity contribution in [3.05, 3.63) is 131 Å². The molecule has 0 saturated heterocycles. The minimum atomic E-state index is -3.89.